The maximum absolute atomic E-state index is 10.3. The Kier molecular flexibility index (Phi) is 5.73. The van der Waals surface area contributed by atoms with Crippen LogP contribution < -0.4 is 11.2 Å². The van der Waals surface area contributed by atoms with Gasteiger partial charge in [-0.05, 0) is 18.2 Å². The number of phenolic OH excluding ortho intramolecular Hbond substituents is 1. The lowest BCUT2D eigenvalue weighted by atomic mass is 10.2. The van der Waals surface area contributed by atoms with Gasteiger partial charge in [-0.2, -0.15) is 5.10 Å². The summed E-state index contributed by atoms with van der Waals surface area (Å²) in [5, 5.41) is 12.9. The zero-order chi connectivity index (χ0) is 10.6. The number of hydrogen-bond donors (Lipinski definition) is 3. The standard InChI is InChI=1S/C8H8BrN3O2.ClH/c9-6-1-2-7(13)5(3-6)4-11-12-8(10)14;/h1-4,13H,(H3,10,12,14);1H. The van der Waals surface area contributed by atoms with E-state index in [-0.39, 0.29) is 18.2 Å². The van der Waals surface area contributed by atoms with Crippen molar-refractivity contribution >= 4 is 40.6 Å². The predicted octanol–water partition coefficient (Wildman–Crippen LogP) is 1.58. The van der Waals surface area contributed by atoms with Crippen LogP contribution in [0, 0.1) is 0 Å². The maximum atomic E-state index is 10.3. The van der Waals surface area contributed by atoms with Crippen LogP contribution in [0.15, 0.2) is 27.8 Å². The second-order valence-corrected chi connectivity index (χ2v) is 3.35. The molecule has 0 unspecified atom stereocenters. The normalized spacial score (nSPS) is 9.67. The molecule has 0 saturated carbocycles. The molecule has 0 aromatic heterocycles. The molecular formula is C8H9BrClN3O2. The number of phenols is 1. The molecule has 1 aromatic rings. The summed E-state index contributed by atoms with van der Waals surface area (Å²) < 4.78 is 0.802. The van der Waals surface area contributed by atoms with E-state index in [0.29, 0.717) is 5.56 Å². The van der Waals surface area contributed by atoms with Gasteiger partial charge in [-0.25, -0.2) is 10.2 Å². The molecule has 0 aliphatic heterocycles. The fourth-order valence-corrected chi connectivity index (χ4v) is 1.17. The predicted molar refractivity (Wildman–Crippen MR) is 63.4 cm³/mol. The van der Waals surface area contributed by atoms with Crippen LogP contribution in [0.4, 0.5) is 4.79 Å². The lowest BCUT2D eigenvalue weighted by molar-refractivity contribution is 0.249. The summed E-state index contributed by atoms with van der Waals surface area (Å²) >= 11 is 3.23. The monoisotopic (exact) mass is 293 g/mol. The zero-order valence-corrected chi connectivity index (χ0v) is 9.88. The Hall–Kier alpha value is -1.27. The number of nitrogens with two attached hydrogens (primary N) is 1. The molecule has 0 heterocycles. The number of halogens is 2. The number of carbonyl (C=O) groups is 1. The van der Waals surface area contributed by atoms with Gasteiger partial charge in [-0.3, -0.25) is 0 Å². The molecule has 1 aromatic carbocycles. The highest BCUT2D eigenvalue weighted by Gasteiger charge is 1.98. The van der Waals surface area contributed by atoms with Gasteiger partial charge >= 0.3 is 6.03 Å². The van der Waals surface area contributed by atoms with Crippen molar-refractivity contribution in [2.24, 2.45) is 10.8 Å². The number of primary amides is 1. The quantitative estimate of drug-likeness (QED) is 0.571. The number of hydrogen-bond acceptors (Lipinski definition) is 3. The molecule has 0 spiro atoms. The molecule has 0 bridgehead atoms. The lowest BCUT2D eigenvalue weighted by Crippen LogP contribution is -2.24. The zero-order valence-electron chi connectivity index (χ0n) is 7.48. The average Bonchev–Trinajstić information content (AvgIpc) is 2.10. The third kappa shape index (κ3) is 4.66. The fraction of sp³-hybridized carbons (Fsp3) is 0. The number of aromatic hydroxyl groups is 1. The molecule has 82 valence electrons. The van der Waals surface area contributed by atoms with Crippen LogP contribution in [0.3, 0.4) is 0 Å². The minimum Gasteiger partial charge on any atom is -0.507 e. The average molecular weight is 295 g/mol. The van der Waals surface area contributed by atoms with Crippen molar-refractivity contribution < 1.29 is 9.90 Å². The number of nitrogens with one attached hydrogen (secondary N) is 1. The first-order chi connectivity index (χ1) is 6.59. The minimum atomic E-state index is -0.754. The first kappa shape index (κ1) is 13.7. The van der Waals surface area contributed by atoms with Gasteiger partial charge in [-0.1, -0.05) is 15.9 Å². The van der Waals surface area contributed by atoms with E-state index in [9.17, 15) is 9.90 Å². The van der Waals surface area contributed by atoms with Gasteiger partial charge in [0.2, 0.25) is 0 Å². The van der Waals surface area contributed by atoms with Crippen molar-refractivity contribution in [1.82, 2.24) is 5.43 Å². The van der Waals surface area contributed by atoms with E-state index >= 15 is 0 Å². The third-order valence-corrected chi connectivity index (χ3v) is 1.86. The first-order valence-corrected chi connectivity index (χ1v) is 4.46. The van der Waals surface area contributed by atoms with Gasteiger partial charge in [0.25, 0.3) is 0 Å². The molecule has 0 radical (unpaired) electrons. The maximum Gasteiger partial charge on any atom is 0.332 e. The fourth-order valence-electron chi connectivity index (χ4n) is 0.794. The van der Waals surface area contributed by atoms with Crippen molar-refractivity contribution in [3.8, 4) is 5.75 Å². The third-order valence-electron chi connectivity index (χ3n) is 1.37. The van der Waals surface area contributed by atoms with Crippen molar-refractivity contribution in [2.45, 2.75) is 0 Å². The minimum absolute atomic E-state index is 0. The van der Waals surface area contributed by atoms with E-state index in [2.05, 4.69) is 21.0 Å². The summed E-state index contributed by atoms with van der Waals surface area (Å²) in [6, 6.07) is 4.10. The van der Waals surface area contributed by atoms with E-state index in [1.165, 1.54) is 12.3 Å². The van der Waals surface area contributed by atoms with Crippen LogP contribution in [-0.2, 0) is 0 Å². The molecule has 5 nitrogen and oxygen atoms in total. The summed E-state index contributed by atoms with van der Waals surface area (Å²) in [6.07, 6.45) is 1.30. The molecule has 0 aliphatic rings. The van der Waals surface area contributed by atoms with Gasteiger partial charge in [-0.15, -0.1) is 12.4 Å². The lowest BCUT2D eigenvalue weighted by Gasteiger charge is -1.98. The molecular weight excluding hydrogens is 285 g/mol. The Morgan fingerprint density at radius 1 is 1.60 bits per heavy atom. The van der Waals surface area contributed by atoms with Crippen molar-refractivity contribution in [2.75, 3.05) is 0 Å². The highest BCUT2D eigenvalue weighted by atomic mass is 79.9. The van der Waals surface area contributed by atoms with Crippen molar-refractivity contribution in [3.05, 3.63) is 28.2 Å². The van der Waals surface area contributed by atoms with Crippen LogP contribution in [0.25, 0.3) is 0 Å². The molecule has 15 heavy (non-hydrogen) atoms. The molecule has 1 rings (SSSR count). The second kappa shape index (κ2) is 6.26. The van der Waals surface area contributed by atoms with Gasteiger partial charge in [0.1, 0.15) is 5.75 Å². The number of amides is 2. The first-order valence-electron chi connectivity index (χ1n) is 3.66. The number of rotatable bonds is 2. The Morgan fingerprint density at radius 3 is 2.87 bits per heavy atom. The van der Waals surface area contributed by atoms with Gasteiger partial charge < -0.3 is 10.8 Å². The van der Waals surface area contributed by atoms with E-state index in [1.54, 1.807) is 12.1 Å². The molecule has 0 saturated heterocycles. The summed E-state index contributed by atoms with van der Waals surface area (Å²) in [7, 11) is 0. The molecule has 0 fully saturated rings. The van der Waals surface area contributed by atoms with Gasteiger partial charge in [0.05, 0.1) is 6.21 Å². The Bertz CT molecular complexity index is 384. The summed E-state index contributed by atoms with van der Waals surface area (Å²) in [5.41, 5.74) is 7.29. The number of nitrogens with zero attached hydrogens (tertiary/aromatic N) is 1. The number of hydrazone groups is 1. The van der Waals surface area contributed by atoms with E-state index in [0.717, 1.165) is 4.47 Å². The van der Waals surface area contributed by atoms with Crippen LogP contribution >= 0.6 is 28.3 Å². The Labute approximate surface area is 101 Å². The highest BCUT2D eigenvalue weighted by molar-refractivity contribution is 9.10. The largest absolute Gasteiger partial charge is 0.507 e. The highest BCUT2D eigenvalue weighted by Crippen LogP contribution is 2.19. The summed E-state index contributed by atoms with van der Waals surface area (Å²) in [6.45, 7) is 0. The molecule has 0 aliphatic carbocycles. The van der Waals surface area contributed by atoms with Crippen LogP contribution in [0.2, 0.25) is 0 Å². The van der Waals surface area contributed by atoms with Crippen molar-refractivity contribution in [3.63, 3.8) is 0 Å². The van der Waals surface area contributed by atoms with Crippen LogP contribution in [0.5, 0.6) is 5.75 Å². The summed E-state index contributed by atoms with van der Waals surface area (Å²) in [5.74, 6) is 0.0724. The number of urea groups is 1. The second-order valence-electron chi connectivity index (χ2n) is 2.44. The molecule has 2 amide bonds. The molecule has 0 atom stereocenters. The topological polar surface area (TPSA) is 87.7 Å². The number of benzene rings is 1. The molecule has 7 heteroatoms. The van der Waals surface area contributed by atoms with E-state index in [4.69, 9.17) is 5.73 Å². The van der Waals surface area contributed by atoms with Gasteiger partial charge in [0, 0.05) is 10.0 Å². The Morgan fingerprint density at radius 2 is 2.27 bits per heavy atom. The van der Waals surface area contributed by atoms with Gasteiger partial charge in [0.15, 0.2) is 0 Å². The van der Waals surface area contributed by atoms with Crippen molar-refractivity contribution in [1.29, 1.82) is 0 Å². The van der Waals surface area contributed by atoms with Crippen LogP contribution in [0.1, 0.15) is 5.56 Å². The Balaban J connectivity index is 0.00000196. The van der Waals surface area contributed by atoms with E-state index < -0.39 is 6.03 Å². The van der Waals surface area contributed by atoms with Crippen LogP contribution in [-0.4, -0.2) is 17.4 Å². The summed E-state index contributed by atoms with van der Waals surface area (Å²) in [4.78, 5) is 10.3. The number of carbonyl (C=O) groups excluding carboxylic acids is 1. The smallest absolute Gasteiger partial charge is 0.332 e. The van der Waals surface area contributed by atoms with E-state index in [1.807, 2.05) is 5.43 Å². The molecule has 4 N–H and O–H groups in total. The SMILES string of the molecule is Cl.NC(=O)NN=Cc1cc(Br)ccc1O.